The van der Waals surface area contributed by atoms with E-state index in [1.807, 2.05) is 44.2 Å². The lowest BCUT2D eigenvalue weighted by atomic mass is 9.89. The highest BCUT2D eigenvalue weighted by atomic mass is 16.5. The molecule has 0 saturated heterocycles. The Bertz CT molecular complexity index is 754. The summed E-state index contributed by atoms with van der Waals surface area (Å²) in [7, 11) is 0. The molecule has 5 nitrogen and oxygen atoms in total. The van der Waals surface area contributed by atoms with Gasteiger partial charge in [0.2, 0.25) is 0 Å². The Morgan fingerprint density at radius 3 is 2.66 bits per heavy atom. The molecule has 1 aromatic carbocycles. The van der Waals surface area contributed by atoms with Crippen molar-refractivity contribution in [3.05, 3.63) is 59.7 Å². The highest BCUT2D eigenvalue weighted by Gasteiger charge is 2.39. The molecular formula is C27H40O5. The molecule has 1 aliphatic rings. The quantitative estimate of drug-likeness (QED) is 0.255. The maximum atomic E-state index is 11.6. The molecule has 0 amide bonds. The molecule has 1 aliphatic carbocycles. The van der Waals surface area contributed by atoms with Gasteiger partial charge in [-0.25, -0.2) is 0 Å². The minimum absolute atomic E-state index is 0.0769. The van der Waals surface area contributed by atoms with Crippen LogP contribution in [0.5, 0.6) is 0 Å². The predicted molar refractivity (Wildman–Crippen MR) is 127 cm³/mol. The van der Waals surface area contributed by atoms with Crippen LogP contribution in [-0.2, 0) is 16.0 Å². The van der Waals surface area contributed by atoms with E-state index in [1.165, 1.54) is 11.1 Å². The normalized spacial score (nSPS) is 24.6. The van der Waals surface area contributed by atoms with E-state index in [-0.39, 0.29) is 23.9 Å². The molecule has 1 fully saturated rings. The van der Waals surface area contributed by atoms with E-state index in [0.29, 0.717) is 25.7 Å². The van der Waals surface area contributed by atoms with E-state index in [0.717, 1.165) is 19.3 Å². The number of hydrogen-bond acceptors (Lipinski definition) is 5. The summed E-state index contributed by atoms with van der Waals surface area (Å²) in [6.45, 7) is 5.75. The molecule has 5 atom stereocenters. The van der Waals surface area contributed by atoms with Gasteiger partial charge in [-0.3, -0.25) is 4.79 Å². The third kappa shape index (κ3) is 8.89. The Balaban J connectivity index is 1.79. The van der Waals surface area contributed by atoms with Crippen molar-refractivity contribution < 1.29 is 24.9 Å². The van der Waals surface area contributed by atoms with Crippen LogP contribution in [0.4, 0.5) is 0 Å². The number of hydrogen-bond donors (Lipinski definition) is 3. The van der Waals surface area contributed by atoms with E-state index < -0.39 is 18.3 Å². The van der Waals surface area contributed by atoms with Gasteiger partial charge in [0.1, 0.15) is 0 Å². The standard InChI is InChI=1S/C27H40O5/c1-19(2)32-27(31)13-7-5-4-6-12-23-24(26(30)18-25(23)29)17-16-22(28)15-14-21-11-9-8-10-20(21)3/h4,6,8-11,16-17,19,22-26,28-30H,5,7,12-15,18H2,1-3H3/t22?,23-,24-,25?,26?/m1/s1. The summed E-state index contributed by atoms with van der Waals surface area (Å²) in [4.78, 5) is 11.6. The third-order valence-electron chi connectivity index (χ3n) is 6.14. The maximum Gasteiger partial charge on any atom is 0.306 e. The average Bonchev–Trinajstić information content (AvgIpc) is 3.00. The van der Waals surface area contributed by atoms with E-state index in [9.17, 15) is 20.1 Å². The van der Waals surface area contributed by atoms with Gasteiger partial charge in [-0.15, -0.1) is 0 Å². The molecule has 5 heteroatoms. The van der Waals surface area contributed by atoms with Crippen LogP contribution in [-0.4, -0.2) is 45.7 Å². The maximum absolute atomic E-state index is 11.6. The molecule has 0 bridgehead atoms. The Kier molecular flexibility index (Phi) is 11.1. The van der Waals surface area contributed by atoms with Crippen molar-refractivity contribution in [1.82, 2.24) is 0 Å². The lowest BCUT2D eigenvalue weighted by Crippen LogP contribution is -2.20. The molecule has 0 radical (unpaired) electrons. The van der Waals surface area contributed by atoms with Crippen LogP contribution in [0.2, 0.25) is 0 Å². The molecule has 0 aromatic heterocycles. The zero-order valence-corrected chi connectivity index (χ0v) is 19.7. The van der Waals surface area contributed by atoms with Gasteiger partial charge in [-0.2, -0.15) is 0 Å². The molecule has 3 N–H and O–H groups in total. The number of carbonyl (C=O) groups excluding carboxylic acids is 1. The second-order valence-electron chi connectivity index (χ2n) is 9.17. The SMILES string of the molecule is Cc1ccccc1CCC(O)C=C[C@H]1C(O)CC(O)[C@@H]1CC=CCCCC(=O)OC(C)C. The fourth-order valence-electron chi connectivity index (χ4n) is 4.31. The fourth-order valence-corrected chi connectivity index (χ4v) is 4.31. The summed E-state index contributed by atoms with van der Waals surface area (Å²) in [5, 5.41) is 31.2. The van der Waals surface area contributed by atoms with Crippen LogP contribution >= 0.6 is 0 Å². The molecule has 0 heterocycles. The number of rotatable bonds is 12. The number of aryl methyl sites for hydroxylation is 2. The van der Waals surface area contributed by atoms with Crippen LogP contribution in [0.15, 0.2) is 48.6 Å². The van der Waals surface area contributed by atoms with Gasteiger partial charge in [0, 0.05) is 18.8 Å². The lowest BCUT2D eigenvalue weighted by molar-refractivity contribution is -0.147. The Morgan fingerprint density at radius 1 is 1.19 bits per heavy atom. The highest BCUT2D eigenvalue weighted by molar-refractivity contribution is 5.69. The first-order chi connectivity index (χ1) is 15.3. The van der Waals surface area contributed by atoms with Gasteiger partial charge in [-0.1, -0.05) is 48.6 Å². The lowest BCUT2D eigenvalue weighted by Gasteiger charge is -2.19. The van der Waals surface area contributed by atoms with E-state index in [1.54, 1.807) is 6.08 Å². The molecular weight excluding hydrogens is 404 g/mol. The molecule has 1 saturated carbocycles. The second kappa shape index (κ2) is 13.6. The zero-order valence-electron chi connectivity index (χ0n) is 19.7. The summed E-state index contributed by atoms with van der Waals surface area (Å²) >= 11 is 0. The number of aliphatic hydroxyl groups excluding tert-OH is 3. The van der Waals surface area contributed by atoms with E-state index in [4.69, 9.17) is 4.74 Å². The first-order valence-corrected chi connectivity index (χ1v) is 11.9. The first-order valence-electron chi connectivity index (χ1n) is 11.9. The van der Waals surface area contributed by atoms with Crippen molar-refractivity contribution >= 4 is 5.97 Å². The highest BCUT2D eigenvalue weighted by Crippen LogP contribution is 2.36. The van der Waals surface area contributed by atoms with Crippen LogP contribution < -0.4 is 0 Å². The molecule has 0 aliphatic heterocycles. The fraction of sp³-hybridized carbons (Fsp3) is 0.593. The molecule has 1 aromatic rings. The summed E-state index contributed by atoms with van der Waals surface area (Å²) in [6.07, 6.45) is 10.2. The topological polar surface area (TPSA) is 87.0 Å². The van der Waals surface area contributed by atoms with Crippen LogP contribution in [0.1, 0.15) is 63.5 Å². The van der Waals surface area contributed by atoms with Gasteiger partial charge in [0.25, 0.3) is 0 Å². The van der Waals surface area contributed by atoms with Crippen LogP contribution in [0, 0.1) is 18.8 Å². The summed E-state index contributed by atoms with van der Waals surface area (Å²) in [6, 6.07) is 8.18. The van der Waals surface area contributed by atoms with E-state index in [2.05, 4.69) is 19.1 Å². The van der Waals surface area contributed by atoms with Gasteiger partial charge in [-0.05, 0) is 69.9 Å². The molecule has 2 rings (SSSR count). The predicted octanol–water partition coefficient (Wildman–Crippen LogP) is 4.27. The van der Waals surface area contributed by atoms with Crippen LogP contribution in [0.3, 0.4) is 0 Å². The number of carbonyl (C=O) groups is 1. The van der Waals surface area contributed by atoms with Crippen molar-refractivity contribution in [3.8, 4) is 0 Å². The first kappa shape index (κ1) is 26.3. The van der Waals surface area contributed by atoms with Crippen molar-refractivity contribution in [2.24, 2.45) is 11.8 Å². The molecule has 3 unspecified atom stereocenters. The monoisotopic (exact) mass is 444 g/mol. The number of esters is 1. The van der Waals surface area contributed by atoms with Gasteiger partial charge in [0.05, 0.1) is 24.4 Å². The zero-order chi connectivity index (χ0) is 23.5. The largest absolute Gasteiger partial charge is 0.463 e. The number of ether oxygens (including phenoxy) is 1. The number of allylic oxidation sites excluding steroid dienone is 2. The van der Waals surface area contributed by atoms with Crippen molar-refractivity contribution in [2.75, 3.05) is 0 Å². The van der Waals surface area contributed by atoms with Crippen molar-refractivity contribution in [2.45, 2.75) is 90.1 Å². The minimum atomic E-state index is -0.603. The smallest absolute Gasteiger partial charge is 0.306 e. The second-order valence-corrected chi connectivity index (χ2v) is 9.17. The summed E-state index contributed by atoms with van der Waals surface area (Å²) < 4.78 is 5.12. The van der Waals surface area contributed by atoms with Gasteiger partial charge < -0.3 is 20.1 Å². The van der Waals surface area contributed by atoms with E-state index >= 15 is 0 Å². The molecule has 0 spiro atoms. The summed E-state index contributed by atoms with van der Waals surface area (Å²) in [5.41, 5.74) is 2.46. The summed E-state index contributed by atoms with van der Waals surface area (Å²) in [5.74, 6) is -0.426. The number of aliphatic hydroxyl groups is 3. The Labute approximate surface area is 192 Å². The number of unbranched alkanes of at least 4 members (excludes halogenated alkanes) is 1. The average molecular weight is 445 g/mol. The molecule has 32 heavy (non-hydrogen) atoms. The Morgan fingerprint density at radius 2 is 1.94 bits per heavy atom. The van der Waals surface area contributed by atoms with Gasteiger partial charge in [0.15, 0.2) is 0 Å². The van der Waals surface area contributed by atoms with Crippen molar-refractivity contribution in [3.63, 3.8) is 0 Å². The Hall–Kier alpha value is -1.95. The third-order valence-corrected chi connectivity index (χ3v) is 6.14. The van der Waals surface area contributed by atoms with Crippen LogP contribution in [0.25, 0.3) is 0 Å². The molecule has 178 valence electrons. The van der Waals surface area contributed by atoms with Crippen molar-refractivity contribution in [1.29, 1.82) is 0 Å². The minimum Gasteiger partial charge on any atom is -0.463 e. The number of benzene rings is 1. The van der Waals surface area contributed by atoms with Gasteiger partial charge >= 0.3 is 5.97 Å².